The molecule has 1 atom stereocenters. The molecule has 1 aliphatic rings. The van der Waals surface area contributed by atoms with E-state index in [1.165, 1.54) is 4.46 Å². The molecule has 0 fully saturated rings. The zero-order valence-electron chi connectivity index (χ0n) is 29.5. The van der Waals surface area contributed by atoms with Crippen LogP contribution in [-0.2, 0) is 13.1 Å². The van der Waals surface area contributed by atoms with Gasteiger partial charge in [0, 0.05) is 0 Å². The van der Waals surface area contributed by atoms with E-state index in [1.54, 1.807) is 7.12 Å². The topological polar surface area (TPSA) is 103 Å². The van der Waals surface area contributed by atoms with E-state index in [9.17, 15) is 24.3 Å². The van der Waals surface area contributed by atoms with E-state index in [0.29, 0.717) is 0 Å². The van der Waals surface area contributed by atoms with Crippen LogP contribution >= 0.6 is 0 Å². The molecule has 0 saturated heterocycles. The fourth-order valence-electron chi connectivity index (χ4n) is 6.81. The fourth-order valence-corrected chi connectivity index (χ4v) is 15.9. The molecule has 0 saturated carbocycles. The van der Waals surface area contributed by atoms with Gasteiger partial charge in [0.1, 0.15) is 0 Å². The predicted octanol–water partition coefficient (Wildman–Crippen LogP) is 4.47. The number of carbonyl (C=O) groups excluding carboxylic acids is 1. The molecule has 0 amide bonds. The number of nitrogens with zero attached hydrogens (tertiary/aromatic N) is 3. The third kappa shape index (κ3) is 7.14. The first kappa shape index (κ1) is 37.0. The molecule has 0 bridgehead atoms. The molecule has 0 radical (unpaired) electrons. The standard InChI is InChI=1S/C27H17NO2Se2.C17H14N2O3Se2/c29-25-21-5-1-3-7-23(21)31-26(25)19-11-9-17(10-12-19)18-13-15-20(16-14-18)28-27(30)22-6-2-4-8-24(22)32-28;20-11(9-18-16(21)12-5-1-3-7-14(12)23-18)10-19-17(22)13-6-2-4-8-15(13)24-19/h1-16,26H;1-8,11,20H,9-10H2. The first-order chi connectivity index (χ1) is 27.3. The van der Waals surface area contributed by atoms with Crippen LogP contribution in [-0.4, -0.2) is 86.8 Å². The van der Waals surface area contributed by atoms with Gasteiger partial charge in [-0.2, -0.15) is 0 Å². The van der Waals surface area contributed by atoms with Crippen molar-refractivity contribution in [2.24, 2.45) is 0 Å². The maximum atomic E-state index is 12.8. The van der Waals surface area contributed by atoms with Crippen molar-refractivity contribution >= 4 is 98.3 Å². The van der Waals surface area contributed by atoms with E-state index in [0.717, 1.165) is 56.9 Å². The fraction of sp³-hybridized carbons (Fsp3) is 0.0909. The Kier molecular flexibility index (Phi) is 10.4. The normalized spacial score (nSPS) is 13.8. The molecule has 56 heavy (non-hydrogen) atoms. The second-order valence-corrected chi connectivity index (χ2v) is 22.2. The van der Waals surface area contributed by atoms with Crippen molar-refractivity contribution in [2.75, 3.05) is 0 Å². The van der Waals surface area contributed by atoms with E-state index in [2.05, 4.69) is 42.5 Å². The Labute approximate surface area is 345 Å². The van der Waals surface area contributed by atoms with Crippen LogP contribution in [0.3, 0.4) is 0 Å². The van der Waals surface area contributed by atoms with Crippen molar-refractivity contribution < 1.29 is 9.90 Å². The van der Waals surface area contributed by atoms with E-state index in [4.69, 9.17) is 0 Å². The first-order valence-corrected chi connectivity index (χ1v) is 24.5. The summed E-state index contributed by atoms with van der Waals surface area (Å²) in [6.07, 6.45) is -0.731. The summed E-state index contributed by atoms with van der Waals surface area (Å²) in [5.74, 6) is 0.246. The van der Waals surface area contributed by atoms with Gasteiger partial charge in [-0.3, -0.25) is 0 Å². The molecule has 1 unspecified atom stereocenters. The van der Waals surface area contributed by atoms with Crippen LogP contribution in [0.5, 0.6) is 0 Å². The third-order valence-corrected chi connectivity index (χ3v) is 19.3. The van der Waals surface area contributed by atoms with E-state index in [1.807, 2.05) is 107 Å². The number of aliphatic hydroxyl groups is 1. The Morgan fingerprint density at radius 2 is 0.982 bits per heavy atom. The molecule has 10 rings (SSSR count). The Morgan fingerprint density at radius 1 is 0.518 bits per heavy atom. The van der Waals surface area contributed by atoms with E-state index < -0.39 is 6.10 Å². The number of Topliss-reactive ketones (excluding diaryl/α,β-unsaturated/α-hetero) is 1. The average Bonchev–Trinajstić information content (AvgIpc) is 3.95. The van der Waals surface area contributed by atoms with Crippen LogP contribution in [0, 0.1) is 0 Å². The van der Waals surface area contributed by atoms with Gasteiger partial charge in [-0.05, 0) is 0 Å². The monoisotopic (exact) mass is 1000 g/mol. The molecular weight excluding hydrogens is 966 g/mol. The van der Waals surface area contributed by atoms with Gasteiger partial charge < -0.3 is 0 Å². The Hall–Kier alpha value is -4.56. The van der Waals surface area contributed by atoms with Crippen molar-refractivity contribution in [1.82, 2.24) is 10.7 Å². The third-order valence-electron chi connectivity index (χ3n) is 9.63. The number of rotatable bonds is 7. The number of hydrogen-bond donors (Lipinski definition) is 1. The van der Waals surface area contributed by atoms with Gasteiger partial charge in [0.15, 0.2) is 0 Å². The van der Waals surface area contributed by atoms with Crippen LogP contribution in [0.15, 0.2) is 160 Å². The Morgan fingerprint density at radius 3 is 1.50 bits per heavy atom. The summed E-state index contributed by atoms with van der Waals surface area (Å²) in [5.41, 5.74) is 5.16. The first-order valence-electron chi connectivity index (χ1n) is 17.8. The van der Waals surface area contributed by atoms with Crippen LogP contribution in [0.2, 0.25) is 0 Å². The van der Waals surface area contributed by atoms with E-state index in [-0.39, 0.29) is 99.5 Å². The minimum atomic E-state index is -0.731. The summed E-state index contributed by atoms with van der Waals surface area (Å²) in [7, 11) is 0. The van der Waals surface area contributed by atoms with Gasteiger partial charge in [-0.15, -0.1) is 0 Å². The summed E-state index contributed by atoms with van der Waals surface area (Å²) in [6.45, 7) is 0.535. The number of aliphatic hydroxyl groups excluding tert-OH is 1. The SMILES string of the molecule is O=C1c2ccccc2[Se]C1c1ccc(-c2ccc(-n3[se]c4ccccc4c3=O)cc2)cc1.O=c1c2ccccc2[se]n1CC(O)Cn1[se]c2ccccc2c1=O. The maximum absolute atomic E-state index is 12.8. The number of benzene rings is 6. The number of ketones is 1. The molecule has 8 nitrogen and oxygen atoms in total. The second-order valence-electron chi connectivity index (χ2n) is 13.3. The zero-order chi connectivity index (χ0) is 38.3. The van der Waals surface area contributed by atoms with Gasteiger partial charge in [-0.25, -0.2) is 0 Å². The van der Waals surface area contributed by atoms with Crippen molar-refractivity contribution in [3.63, 3.8) is 0 Å². The summed E-state index contributed by atoms with van der Waals surface area (Å²) in [5, 5.41) is 12.7. The minimum absolute atomic E-state index is 0.0220. The van der Waals surface area contributed by atoms with Crippen molar-refractivity contribution in [3.8, 4) is 16.8 Å². The summed E-state index contributed by atoms with van der Waals surface area (Å²) in [4.78, 5) is 50.3. The number of carbonyl (C=O) groups is 1. The molecular formula is C44H31N3O5Se4. The molecule has 9 aromatic rings. The van der Waals surface area contributed by atoms with Crippen LogP contribution < -0.4 is 21.1 Å². The van der Waals surface area contributed by atoms with Crippen LogP contribution in [0.1, 0.15) is 20.7 Å². The molecule has 276 valence electrons. The van der Waals surface area contributed by atoms with Crippen LogP contribution in [0.4, 0.5) is 0 Å². The molecule has 3 aromatic heterocycles. The van der Waals surface area contributed by atoms with Gasteiger partial charge in [0.25, 0.3) is 0 Å². The van der Waals surface area contributed by atoms with Crippen LogP contribution in [0.25, 0.3) is 45.8 Å². The van der Waals surface area contributed by atoms with Gasteiger partial charge in [-0.1, -0.05) is 0 Å². The quantitative estimate of drug-likeness (QED) is 0.238. The molecule has 1 N–H and O–H groups in total. The van der Waals surface area contributed by atoms with Gasteiger partial charge >= 0.3 is 348 Å². The number of aromatic nitrogens is 3. The zero-order valence-corrected chi connectivity index (χ0v) is 36.3. The number of hydrogen-bond acceptors (Lipinski definition) is 5. The van der Waals surface area contributed by atoms with Crippen molar-refractivity contribution in [3.05, 3.63) is 188 Å². The molecule has 6 aromatic carbocycles. The van der Waals surface area contributed by atoms with Gasteiger partial charge in [0.05, 0.1) is 0 Å². The predicted molar refractivity (Wildman–Crippen MR) is 227 cm³/mol. The summed E-state index contributed by atoms with van der Waals surface area (Å²) < 4.78 is 9.75. The molecule has 1 aliphatic heterocycles. The van der Waals surface area contributed by atoms with Gasteiger partial charge in [0.2, 0.25) is 0 Å². The molecule has 0 spiro atoms. The summed E-state index contributed by atoms with van der Waals surface area (Å²) in [6, 6.07) is 47.5. The van der Waals surface area contributed by atoms with Crippen molar-refractivity contribution in [2.45, 2.75) is 24.0 Å². The number of fused-ring (bicyclic) bond motifs is 4. The Balaban J connectivity index is 0.000000153. The second kappa shape index (κ2) is 15.8. The molecule has 4 heterocycles. The van der Waals surface area contributed by atoms with Crippen molar-refractivity contribution in [1.29, 1.82) is 0 Å². The summed E-state index contributed by atoms with van der Waals surface area (Å²) >= 11 is -0.0853. The molecule has 12 heteroatoms. The molecule has 0 aliphatic carbocycles. The van der Waals surface area contributed by atoms with E-state index >= 15 is 0 Å². The average molecular weight is 998 g/mol. The Bertz CT molecular complexity index is 2990.